The number of amides is 1. The molecule has 1 amide bonds. The zero-order valence-corrected chi connectivity index (χ0v) is 13.9. The van der Waals surface area contributed by atoms with Gasteiger partial charge in [-0.25, -0.2) is 0 Å². The van der Waals surface area contributed by atoms with Gasteiger partial charge >= 0.3 is 0 Å². The van der Waals surface area contributed by atoms with E-state index in [-0.39, 0.29) is 11.9 Å². The predicted molar refractivity (Wildman–Crippen MR) is 93.5 cm³/mol. The van der Waals surface area contributed by atoms with Crippen LogP contribution in [0.15, 0.2) is 36.4 Å². The van der Waals surface area contributed by atoms with Crippen molar-refractivity contribution in [1.82, 2.24) is 0 Å². The molecule has 0 aliphatic heterocycles. The molecule has 0 fully saturated rings. The number of carbonyl (C=O) groups excluding carboxylic acids is 1. The van der Waals surface area contributed by atoms with Crippen molar-refractivity contribution in [2.75, 3.05) is 10.6 Å². The second-order valence-electron chi connectivity index (χ2n) is 5.97. The lowest BCUT2D eigenvalue weighted by Crippen LogP contribution is -2.32. The minimum atomic E-state index is -0.304. The molecule has 0 bridgehead atoms. The summed E-state index contributed by atoms with van der Waals surface area (Å²) in [5, 5.41) is 6.25. The van der Waals surface area contributed by atoms with Crippen molar-refractivity contribution in [1.29, 1.82) is 0 Å². The van der Waals surface area contributed by atoms with Gasteiger partial charge in [0.15, 0.2) is 0 Å². The van der Waals surface area contributed by atoms with Crippen molar-refractivity contribution in [3.8, 4) is 0 Å². The number of hydrogen-bond acceptors (Lipinski definition) is 2. The molecule has 2 aromatic rings. The summed E-state index contributed by atoms with van der Waals surface area (Å²) >= 11 is 0. The number of nitrogens with one attached hydrogen (secondary N) is 2. The number of aryl methyl sites for hydroxylation is 4. The van der Waals surface area contributed by atoms with E-state index in [9.17, 15) is 4.79 Å². The molecule has 0 saturated heterocycles. The van der Waals surface area contributed by atoms with Crippen molar-refractivity contribution in [2.45, 2.75) is 40.7 Å². The summed E-state index contributed by atoms with van der Waals surface area (Å²) in [4.78, 5) is 12.3. The van der Waals surface area contributed by atoms with Gasteiger partial charge in [-0.3, -0.25) is 4.79 Å². The molecule has 0 heterocycles. The van der Waals surface area contributed by atoms with Crippen molar-refractivity contribution < 1.29 is 4.79 Å². The molecule has 1 atom stereocenters. The highest BCUT2D eigenvalue weighted by atomic mass is 16.2. The normalized spacial score (nSPS) is 11.9. The Labute approximate surface area is 132 Å². The Morgan fingerprint density at radius 2 is 1.59 bits per heavy atom. The van der Waals surface area contributed by atoms with Crippen molar-refractivity contribution >= 4 is 17.3 Å². The first-order valence-electron chi connectivity index (χ1n) is 7.58. The van der Waals surface area contributed by atoms with E-state index in [1.807, 2.05) is 45.9 Å². The third-order valence-corrected chi connectivity index (χ3v) is 3.93. The number of hydrogen-bond donors (Lipinski definition) is 2. The van der Waals surface area contributed by atoms with Gasteiger partial charge in [0.1, 0.15) is 6.04 Å². The first-order valence-corrected chi connectivity index (χ1v) is 7.58. The molecule has 0 radical (unpaired) electrons. The highest BCUT2D eigenvalue weighted by Crippen LogP contribution is 2.18. The fourth-order valence-electron chi connectivity index (χ4n) is 2.26. The van der Waals surface area contributed by atoms with Crippen LogP contribution in [-0.2, 0) is 4.79 Å². The van der Waals surface area contributed by atoms with E-state index in [2.05, 4.69) is 35.8 Å². The summed E-state index contributed by atoms with van der Waals surface area (Å²) in [5.41, 5.74) is 6.55. The molecule has 3 nitrogen and oxygen atoms in total. The van der Waals surface area contributed by atoms with Gasteiger partial charge in [0.25, 0.3) is 0 Å². The number of anilines is 2. The van der Waals surface area contributed by atoms with E-state index in [1.165, 1.54) is 16.7 Å². The van der Waals surface area contributed by atoms with Crippen LogP contribution >= 0.6 is 0 Å². The lowest BCUT2D eigenvalue weighted by atomic mass is 10.1. The van der Waals surface area contributed by atoms with E-state index in [4.69, 9.17) is 0 Å². The molecule has 2 aromatic carbocycles. The summed E-state index contributed by atoms with van der Waals surface area (Å²) in [6.45, 7) is 10.1. The van der Waals surface area contributed by atoms with Crippen molar-refractivity contribution in [2.24, 2.45) is 0 Å². The molecule has 22 heavy (non-hydrogen) atoms. The topological polar surface area (TPSA) is 41.1 Å². The average Bonchev–Trinajstić information content (AvgIpc) is 2.46. The van der Waals surface area contributed by atoms with Crippen molar-refractivity contribution in [3.63, 3.8) is 0 Å². The van der Waals surface area contributed by atoms with E-state index in [0.717, 1.165) is 16.9 Å². The van der Waals surface area contributed by atoms with Crippen LogP contribution < -0.4 is 10.6 Å². The van der Waals surface area contributed by atoms with Crippen molar-refractivity contribution in [3.05, 3.63) is 58.7 Å². The van der Waals surface area contributed by atoms with Crippen LogP contribution in [-0.4, -0.2) is 11.9 Å². The van der Waals surface area contributed by atoms with Gasteiger partial charge in [-0.05, 0) is 75.1 Å². The quantitative estimate of drug-likeness (QED) is 0.880. The fraction of sp³-hybridized carbons (Fsp3) is 0.316. The average molecular weight is 296 g/mol. The number of benzene rings is 2. The van der Waals surface area contributed by atoms with Gasteiger partial charge < -0.3 is 10.6 Å². The molecule has 1 unspecified atom stereocenters. The van der Waals surface area contributed by atoms with Gasteiger partial charge in [-0.2, -0.15) is 0 Å². The summed E-state index contributed by atoms with van der Waals surface area (Å²) in [5.74, 6) is -0.0378. The zero-order chi connectivity index (χ0) is 16.3. The largest absolute Gasteiger partial charge is 0.374 e. The molecular weight excluding hydrogens is 272 g/mol. The van der Waals surface area contributed by atoms with Gasteiger partial charge in [-0.15, -0.1) is 0 Å². The molecule has 0 aliphatic carbocycles. The maximum absolute atomic E-state index is 12.3. The Balaban J connectivity index is 2.05. The molecule has 0 spiro atoms. The SMILES string of the molecule is Cc1ccc(C)c(NC(C)C(=O)Nc2ccc(C)c(C)c2)c1. The fourth-order valence-corrected chi connectivity index (χ4v) is 2.26. The first kappa shape index (κ1) is 16.1. The predicted octanol–water partition coefficient (Wildman–Crippen LogP) is 4.36. The molecular formula is C19H24N2O. The van der Waals surface area contributed by atoms with Crippen LogP contribution in [0.4, 0.5) is 11.4 Å². The first-order chi connectivity index (χ1) is 10.4. The summed E-state index contributed by atoms with van der Waals surface area (Å²) in [7, 11) is 0. The summed E-state index contributed by atoms with van der Waals surface area (Å²) in [6, 6.07) is 11.8. The smallest absolute Gasteiger partial charge is 0.246 e. The minimum absolute atomic E-state index is 0.0378. The molecule has 0 aliphatic rings. The third-order valence-electron chi connectivity index (χ3n) is 3.93. The second kappa shape index (κ2) is 6.65. The Hall–Kier alpha value is -2.29. The summed E-state index contributed by atoms with van der Waals surface area (Å²) in [6.07, 6.45) is 0. The van der Waals surface area contributed by atoms with E-state index >= 15 is 0 Å². The van der Waals surface area contributed by atoms with Crippen LogP contribution in [0.2, 0.25) is 0 Å². The Morgan fingerprint density at radius 1 is 0.909 bits per heavy atom. The monoisotopic (exact) mass is 296 g/mol. The van der Waals surface area contributed by atoms with Gasteiger partial charge in [0.2, 0.25) is 5.91 Å². The highest BCUT2D eigenvalue weighted by Gasteiger charge is 2.14. The zero-order valence-electron chi connectivity index (χ0n) is 13.9. The third kappa shape index (κ3) is 3.88. The van der Waals surface area contributed by atoms with Crippen LogP contribution in [0, 0.1) is 27.7 Å². The van der Waals surface area contributed by atoms with Gasteiger partial charge in [-0.1, -0.05) is 18.2 Å². The molecule has 2 rings (SSSR count). The molecule has 0 aromatic heterocycles. The Kier molecular flexibility index (Phi) is 4.86. The van der Waals surface area contributed by atoms with E-state index in [0.29, 0.717) is 0 Å². The summed E-state index contributed by atoms with van der Waals surface area (Å²) < 4.78 is 0. The number of carbonyl (C=O) groups is 1. The van der Waals surface area contributed by atoms with Crippen LogP contribution in [0.1, 0.15) is 29.2 Å². The molecule has 3 heteroatoms. The van der Waals surface area contributed by atoms with E-state index in [1.54, 1.807) is 0 Å². The van der Waals surface area contributed by atoms with Crippen LogP contribution in [0.5, 0.6) is 0 Å². The van der Waals surface area contributed by atoms with Gasteiger partial charge in [0, 0.05) is 11.4 Å². The lowest BCUT2D eigenvalue weighted by Gasteiger charge is -2.17. The Morgan fingerprint density at radius 3 is 2.27 bits per heavy atom. The van der Waals surface area contributed by atoms with E-state index < -0.39 is 0 Å². The molecule has 0 saturated carbocycles. The number of rotatable bonds is 4. The lowest BCUT2D eigenvalue weighted by molar-refractivity contribution is -0.116. The highest BCUT2D eigenvalue weighted by molar-refractivity contribution is 5.96. The minimum Gasteiger partial charge on any atom is -0.374 e. The maximum Gasteiger partial charge on any atom is 0.246 e. The molecule has 116 valence electrons. The van der Waals surface area contributed by atoms with Crippen LogP contribution in [0.25, 0.3) is 0 Å². The standard InChI is InChI=1S/C19H24N2O/c1-12-6-7-14(3)18(10-12)20-16(5)19(22)21-17-9-8-13(2)15(4)11-17/h6-11,16,20H,1-5H3,(H,21,22). The van der Waals surface area contributed by atoms with Gasteiger partial charge in [0.05, 0.1) is 0 Å². The molecule has 2 N–H and O–H groups in total. The maximum atomic E-state index is 12.3. The second-order valence-corrected chi connectivity index (χ2v) is 5.97. The Bertz CT molecular complexity index is 692. The van der Waals surface area contributed by atoms with Crippen LogP contribution in [0.3, 0.4) is 0 Å².